The number of rotatable bonds is 6. The fourth-order valence-electron chi connectivity index (χ4n) is 4.61. The normalized spacial score (nSPS) is 25.6. The second kappa shape index (κ2) is 10.2. The Balaban J connectivity index is 1.58. The molecule has 3 rings (SSSR count). The van der Waals surface area contributed by atoms with Crippen molar-refractivity contribution >= 4 is 6.09 Å². The van der Waals surface area contributed by atoms with Gasteiger partial charge in [-0.3, -0.25) is 4.90 Å². The minimum atomic E-state index is -1.14. The number of ether oxygens (including phenoxy) is 3. The first kappa shape index (κ1) is 25.7. The van der Waals surface area contributed by atoms with E-state index in [-0.39, 0.29) is 24.9 Å². The van der Waals surface area contributed by atoms with E-state index >= 15 is 0 Å². The maximum absolute atomic E-state index is 12.7. The van der Waals surface area contributed by atoms with Crippen LogP contribution < -0.4 is 4.74 Å². The van der Waals surface area contributed by atoms with Crippen molar-refractivity contribution in [3.63, 3.8) is 0 Å². The Labute approximate surface area is 196 Å². The van der Waals surface area contributed by atoms with Gasteiger partial charge in [0.2, 0.25) is 0 Å². The molecule has 1 aromatic carbocycles. The van der Waals surface area contributed by atoms with Crippen LogP contribution in [-0.2, 0) is 16.0 Å². The van der Waals surface area contributed by atoms with E-state index in [1.807, 2.05) is 45.0 Å². The Hall–Kier alpha value is -1.90. The molecule has 0 saturated carbocycles. The molecule has 33 heavy (non-hydrogen) atoms. The highest BCUT2D eigenvalue weighted by atomic mass is 19.1. The number of aliphatic hydroxyl groups is 1. The van der Waals surface area contributed by atoms with Crippen molar-refractivity contribution in [2.75, 3.05) is 40.0 Å². The number of carbonyl (C=O) groups excluding carboxylic acids is 1. The first-order valence-electron chi connectivity index (χ1n) is 11.8. The monoisotopic (exact) mass is 466 g/mol. The highest BCUT2D eigenvalue weighted by molar-refractivity contribution is 5.68. The number of hydrogen-bond donors (Lipinski definition) is 1. The number of likely N-dealkylation sites (N-methyl/N-ethyl adjacent to an activating group) is 1. The molecule has 2 aliphatic heterocycles. The van der Waals surface area contributed by atoms with Crippen molar-refractivity contribution in [2.45, 2.75) is 76.3 Å². The second-order valence-electron chi connectivity index (χ2n) is 10.6. The number of likely N-dealkylation sites (tertiary alicyclic amines) is 1. The van der Waals surface area contributed by atoms with E-state index in [0.717, 1.165) is 32.5 Å². The van der Waals surface area contributed by atoms with Crippen molar-refractivity contribution in [3.05, 3.63) is 29.8 Å². The van der Waals surface area contributed by atoms with E-state index in [1.54, 1.807) is 14.0 Å². The van der Waals surface area contributed by atoms with Gasteiger partial charge in [-0.1, -0.05) is 12.1 Å². The molecule has 1 aromatic rings. The zero-order valence-electron chi connectivity index (χ0n) is 20.6. The minimum absolute atomic E-state index is 0.0740. The van der Waals surface area contributed by atoms with Crippen LogP contribution in [0.5, 0.6) is 5.75 Å². The maximum atomic E-state index is 12.7. The Morgan fingerprint density at radius 3 is 2.48 bits per heavy atom. The average molecular weight is 467 g/mol. The van der Waals surface area contributed by atoms with Crippen LogP contribution in [0.1, 0.15) is 52.5 Å². The van der Waals surface area contributed by atoms with Gasteiger partial charge in [-0.2, -0.15) is 0 Å². The molecule has 0 aromatic heterocycles. The number of piperidine rings is 1. The summed E-state index contributed by atoms with van der Waals surface area (Å²) in [5, 5.41) is 11.0. The number of alkyl halides is 1. The lowest BCUT2D eigenvalue weighted by Crippen LogP contribution is -2.64. The van der Waals surface area contributed by atoms with E-state index in [2.05, 4.69) is 4.90 Å². The van der Waals surface area contributed by atoms with Gasteiger partial charge in [-0.15, -0.1) is 0 Å². The molecule has 7 nitrogen and oxygen atoms in total. The van der Waals surface area contributed by atoms with Crippen LogP contribution in [0.3, 0.4) is 0 Å². The third-order valence-corrected chi connectivity index (χ3v) is 6.55. The smallest absolute Gasteiger partial charge is 0.410 e. The molecular formula is C25H39FN2O5. The third kappa shape index (κ3) is 6.80. The molecule has 1 N–H and O–H groups in total. The van der Waals surface area contributed by atoms with Crippen LogP contribution >= 0.6 is 0 Å². The lowest BCUT2D eigenvalue weighted by molar-refractivity contribution is -0.206. The molecule has 2 heterocycles. The zero-order valence-corrected chi connectivity index (χ0v) is 20.6. The molecule has 2 saturated heterocycles. The van der Waals surface area contributed by atoms with Crippen LogP contribution in [0.4, 0.5) is 9.18 Å². The molecule has 2 atom stereocenters. The van der Waals surface area contributed by atoms with E-state index in [1.165, 1.54) is 10.5 Å². The molecule has 0 radical (unpaired) electrons. The minimum Gasteiger partial charge on any atom is -0.491 e. The number of hydrogen-bond acceptors (Lipinski definition) is 6. The topological polar surface area (TPSA) is 71.5 Å². The van der Waals surface area contributed by atoms with Gasteiger partial charge in [0.05, 0.1) is 18.2 Å². The van der Waals surface area contributed by atoms with Crippen molar-refractivity contribution < 1.29 is 28.5 Å². The molecule has 1 spiro atoms. The van der Waals surface area contributed by atoms with Crippen molar-refractivity contribution in [1.29, 1.82) is 0 Å². The largest absolute Gasteiger partial charge is 0.491 e. The van der Waals surface area contributed by atoms with Gasteiger partial charge in [0.15, 0.2) is 0 Å². The molecule has 0 aliphatic carbocycles. The first-order chi connectivity index (χ1) is 15.4. The summed E-state index contributed by atoms with van der Waals surface area (Å²) in [6.07, 6.45) is 1.81. The summed E-state index contributed by atoms with van der Waals surface area (Å²) in [6, 6.07) is 7.39. The number of amides is 1. The van der Waals surface area contributed by atoms with Gasteiger partial charge in [0, 0.05) is 26.7 Å². The molecule has 1 amide bonds. The van der Waals surface area contributed by atoms with Crippen molar-refractivity contribution in [3.8, 4) is 5.75 Å². The van der Waals surface area contributed by atoms with E-state index < -0.39 is 24.0 Å². The average Bonchev–Trinajstić information content (AvgIpc) is 2.75. The van der Waals surface area contributed by atoms with Gasteiger partial charge >= 0.3 is 6.09 Å². The van der Waals surface area contributed by atoms with Gasteiger partial charge in [0.25, 0.3) is 0 Å². The zero-order chi connectivity index (χ0) is 24.3. The summed E-state index contributed by atoms with van der Waals surface area (Å²) < 4.78 is 29.3. The Morgan fingerprint density at radius 1 is 1.27 bits per heavy atom. The quantitative estimate of drug-likeness (QED) is 0.688. The highest BCUT2D eigenvalue weighted by Crippen LogP contribution is 2.40. The molecule has 0 unspecified atom stereocenters. The lowest BCUT2D eigenvalue weighted by Gasteiger charge is -2.52. The summed E-state index contributed by atoms with van der Waals surface area (Å²) in [7, 11) is 1.70. The third-order valence-electron chi connectivity index (χ3n) is 6.55. The predicted octanol–water partition coefficient (Wildman–Crippen LogP) is 3.78. The van der Waals surface area contributed by atoms with Crippen LogP contribution in [-0.4, -0.2) is 83.9 Å². The summed E-state index contributed by atoms with van der Waals surface area (Å²) in [5.74, 6) is 0.678. The number of benzene rings is 1. The predicted molar refractivity (Wildman–Crippen MR) is 124 cm³/mol. The first-order valence-corrected chi connectivity index (χ1v) is 11.8. The van der Waals surface area contributed by atoms with Crippen molar-refractivity contribution in [1.82, 2.24) is 9.80 Å². The van der Waals surface area contributed by atoms with Crippen LogP contribution in [0.25, 0.3) is 0 Å². The van der Waals surface area contributed by atoms with Crippen LogP contribution in [0, 0.1) is 0 Å². The summed E-state index contributed by atoms with van der Waals surface area (Å²) in [6.45, 7) is 9.54. The molecule has 2 aliphatic rings. The van der Waals surface area contributed by atoms with Gasteiger partial charge in [0.1, 0.15) is 30.2 Å². The van der Waals surface area contributed by atoms with Crippen molar-refractivity contribution in [2.24, 2.45) is 0 Å². The Morgan fingerprint density at radius 2 is 1.91 bits per heavy atom. The summed E-state index contributed by atoms with van der Waals surface area (Å²) in [4.78, 5) is 16.6. The van der Waals surface area contributed by atoms with E-state index in [9.17, 15) is 14.3 Å². The molecule has 186 valence electrons. The fourth-order valence-corrected chi connectivity index (χ4v) is 4.61. The summed E-state index contributed by atoms with van der Waals surface area (Å²) >= 11 is 0. The molecule has 2 fully saturated rings. The highest BCUT2D eigenvalue weighted by Gasteiger charge is 2.51. The maximum Gasteiger partial charge on any atom is 0.410 e. The number of nitrogens with zero attached hydrogens (tertiary/aromatic N) is 2. The van der Waals surface area contributed by atoms with Gasteiger partial charge < -0.3 is 24.2 Å². The fraction of sp³-hybridized carbons (Fsp3) is 0.720. The van der Waals surface area contributed by atoms with E-state index in [0.29, 0.717) is 12.2 Å². The Kier molecular flexibility index (Phi) is 7.91. The number of carbonyl (C=O) groups is 1. The van der Waals surface area contributed by atoms with Gasteiger partial charge in [-0.25, -0.2) is 9.18 Å². The second-order valence-corrected chi connectivity index (χ2v) is 10.6. The number of halogens is 1. The van der Waals surface area contributed by atoms with E-state index in [4.69, 9.17) is 14.2 Å². The van der Waals surface area contributed by atoms with Crippen LogP contribution in [0.2, 0.25) is 0 Å². The summed E-state index contributed by atoms with van der Waals surface area (Å²) in [5.41, 5.74) is -0.916. The molecule has 8 heteroatoms. The van der Waals surface area contributed by atoms with Crippen LogP contribution in [0.15, 0.2) is 24.3 Å². The molecular weight excluding hydrogens is 427 g/mol. The SMILES string of the molecule is CN(C(=O)OC(C)(C)C)[C@H]1CC2(CCN(Cc3ccc(OCCF)cc3)CC2)OC[C@]1(C)O. The standard InChI is InChI=1S/C25H39FN2O5/c1-23(2,3)33-22(29)27(5)21-16-25(32-18-24(21,4)30)10-13-28(14-11-25)17-19-6-8-20(9-7-19)31-15-12-26/h6-9,21,30H,10-18H2,1-5H3/t21-,24-/m0/s1. The van der Waals surface area contributed by atoms with Gasteiger partial charge in [-0.05, 0) is 64.7 Å². The lowest BCUT2D eigenvalue weighted by atomic mass is 9.77. The Bertz CT molecular complexity index is 785. The molecule has 0 bridgehead atoms.